The number of carboxylic acid groups (broad SMARTS) is 1. The van der Waals surface area contributed by atoms with E-state index < -0.39 is 22.2 Å². The Morgan fingerprint density at radius 3 is 2.89 bits per heavy atom. The third-order valence-corrected chi connectivity index (χ3v) is 3.35. The van der Waals surface area contributed by atoms with E-state index in [4.69, 9.17) is 9.84 Å². The van der Waals surface area contributed by atoms with Crippen LogP contribution in [0.2, 0.25) is 0 Å². The molecule has 0 aromatic carbocycles. The van der Waals surface area contributed by atoms with Crippen molar-refractivity contribution >= 4 is 16.2 Å². The number of H-pyrrole nitrogens is 1. The average molecular weight is 292 g/mol. The van der Waals surface area contributed by atoms with E-state index >= 15 is 0 Å². The Hall–Kier alpha value is -1.49. The van der Waals surface area contributed by atoms with Crippen LogP contribution < -0.4 is 9.44 Å². The second-order valence-electron chi connectivity index (χ2n) is 3.68. The summed E-state index contributed by atoms with van der Waals surface area (Å²) in [7, 11) is -2.47. The number of ether oxygens (including phenoxy) is 1. The minimum Gasteiger partial charge on any atom is -0.480 e. The SMILES string of the molecule is COCCNS(=O)(=O)NC(Cc1cnc[nH]1)C(=O)O. The lowest BCUT2D eigenvalue weighted by Gasteiger charge is -2.14. The van der Waals surface area contributed by atoms with E-state index in [2.05, 4.69) is 14.7 Å². The maximum Gasteiger partial charge on any atom is 0.322 e. The van der Waals surface area contributed by atoms with Crippen LogP contribution >= 0.6 is 0 Å². The second kappa shape index (κ2) is 7.19. The molecule has 0 spiro atoms. The first-order valence-corrected chi connectivity index (χ1v) is 6.89. The van der Waals surface area contributed by atoms with Crippen molar-refractivity contribution in [3.63, 3.8) is 0 Å². The molecule has 0 bridgehead atoms. The Kier molecular flexibility index (Phi) is 5.89. The predicted molar refractivity (Wildman–Crippen MR) is 65.6 cm³/mol. The molecule has 9 nitrogen and oxygen atoms in total. The molecule has 0 saturated carbocycles. The number of hydrogen-bond acceptors (Lipinski definition) is 5. The molecular formula is C9H16N4O5S. The van der Waals surface area contributed by atoms with E-state index in [1.807, 2.05) is 4.72 Å². The van der Waals surface area contributed by atoms with Gasteiger partial charge in [-0.1, -0.05) is 0 Å². The lowest BCUT2D eigenvalue weighted by atomic mass is 10.2. The highest BCUT2D eigenvalue weighted by Gasteiger charge is 2.24. The molecule has 0 aliphatic rings. The summed E-state index contributed by atoms with van der Waals surface area (Å²) in [6.07, 6.45) is 2.79. The quantitative estimate of drug-likeness (QED) is 0.408. The van der Waals surface area contributed by atoms with Crippen molar-refractivity contribution in [1.82, 2.24) is 19.4 Å². The lowest BCUT2D eigenvalue weighted by Crippen LogP contribution is -2.48. The van der Waals surface area contributed by atoms with Crippen molar-refractivity contribution in [2.45, 2.75) is 12.5 Å². The van der Waals surface area contributed by atoms with Gasteiger partial charge in [0.15, 0.2) is 0 Å². The van der Waals surface area contributed by atoms with Gasteiger partial charge in [-0.3, -0.25) is 4.79 Å². The molecule has 108 valence electrons. The number of aromatic nitrogens is 2. The van der Waals surface area contributed by atoms with E-state index in [0.717, 1.165) is 0 Å². The summed E-state index contributed by atoms with van der Waals surface area (Å²) in [5, 5.41) is 8.99. The minimum atomic E-state index is -3.90. The highest BCUT2D eigenvalue weighted by atomic mass is 32.2. The zero-order chi connectivity index (χ0) is 14.3. The number of aromatic amines is 1. The van der Waals surface area contributed by atoms with Crippen LogP contribution in [0.4, 0.5) is 0 Å². The largest absolute Gasteiger partial charge is 0.480 e. The van der Waals surface area contributed by atoms with Crippen molar-refractivity contribution in [3.8, 4) is 0 Å². The monoisotopic (exact) mass is 292 g/mol. The Morgan fingerprint density at radius 2 is 2.37 bits per heavy atom. The molecule has 0 fully saturated rings. The highest BCUT2D eigenvalue weighted by molar-refractivity contribution is 7.87. The summed E-state index contributed by atoms with van der Waals surface area (Å²) in [4.78, 5) is 17.5. The van der Waals surface area contributed by atoms with Crippen LogP contribution in [0.3, 0.4) is 0 Å². The number of methoxy groups -OCH3 is 1. The Bertz CT molecular complexity index is 487. The van der Waals surface area contributed by atoms with Crippen LogP contribution in [0.25, 0.3) is 0 Å². The number of nitrogens with one attached hydrogen (secondary N) is 3. The molecule has 0 aliphatic carbocycles. The molecule has 10 heteroatoms. The summed E-state index contributed by atoms with van der Waals surface area (Å²) in [6.45, 7) is 0.251. The zero-order valence-corrected chi connectivity index (χ0v) is 11.1. The van der Waals surface area contributed by atoms with Gasteiger partial charge in [-0.2, -0.15) is 17.9 Å². The molecular weight excluding hydrogens is 276 g/mol. The van der Waals surface area contributed by atoms with Crippen molar-refractivity contribution in [3.05, 3.63) is 18.2 Å². The van der Waals surface area contributed by atoms with Crippen LogP contribution in [0, 0.1) is 0 Å². The van der Waals surface area contributed by atoms with Gasteiger partial charge < -0.3 is 14.8 Å². The van der Waals surface area contributed by atoms with Crippen LogP contribution in [-0.2, 0) is 26.2 Å². The summed E-state index contributed by atoms with van der Waals surface area (Å²) < 4.78 is 32.1. The number of aliphatic carboxylic acids is 1. The van der Waals surface area contributed by atoms with Crippen LogP contribution in [0.15, 0.2) is 12.5 Å². The van der Waals surface area contributed by atoms with E-state index in [0.29, 0.717) is 5.69 Å². The molecule has 1 rings (SSSR count). The van der Waals surface area contributed by atoms with Crippen LogP contribution in [0.1, 0.15) is 5.69 Å². The Balaban J connectivity index is 2.60. The summed E-state index contributed by atoms with van der Waals surface area (Å²) >= 11 is 0. The maximum atomic E-state index is 11.6. The fourth-order valence-electron chi connectivity index (χ4n) is 1.30. The van der Waals surface area contributed by atoms with Crippen molar-refractivity contribution in [2.24, 2.45) is 0 Å². The molecule has 19 heavy (non-hydrogen) atoms. The van der Waals surface area contributed by atoms with Crippen molar-refractivity contribution in [1.29, 1.82) is 0 Å². The minimum absolute atomic E-state index is 0.0273. The molecule has 0 aliphatic heterocycles. The number of rotatable bonds is 9. The number of imidazole rings is 1. The van der Waals surface area contributed by atoms with Crippen LogP contribution in [-0.4, -0.2) is 55.8 Å². The smallest absolute Gasteiger partial charge is 0.322 e. The van der Waals surface area contributed by atoms with Crippen LogP contribution in [0.5, 0.6) is 0 Å². The van der Waals surface area contributed by atoms with Gasteiger partial charge in [-0.25, -0.2) is 4.98 Å². The Morgan fingerprint density at radius 1 is 1.63 bits per heavy atom. The van der Waals surface area contributed by atoms with E-state index in [1.54, 1.807) is 0 Å². The normalized spacial score (nSPS) is 13.3. The van der Waals surface area contributed by atoms with E-state index in [1.165, 1.54) is 19.6 Å². The molecule has 1 unspecified atom stereocenters. The van der Waals surface area contributed by atoms with Gasteiger partial charge in [0.2, 0.25) is 0 Å². The predicted octanol–water partition coefficient (Wildman–Crippen LogP) is -1.52. The fourth-order valence-corrected chi connectivity index (χ4v) is 2.30. The zero-order valence-electron chi connectivity index (χ0n) is 10.3. The number of carboxylic acids is 1. The van der Waals surface area contributed by atoms with Gasteiger partial charge in [0.1, 0.15) is 6.04 Å². The van der Waals surface area contributed by atoms with E-state index in [9.17, 15) is 13.2 Å². The Labute approximate surface area is 110 Å². The lowest BCUT2D eigenvalue weighted by molar-refractivity contribution is -0.138. The fraction of sp³-hybridized carbons (Fsp3) is 0.556. The van der Waals surface area contributed by atoms with Gasteiger partial charge in [0.25, 0.3) is 10.2 Å². The van der Waals surface area contributed by atoms with Gasteiger partial charge in [-0.15, -0.1) is 0 Å². The van der Waals surface area contributed by atoms with E-state index in [-0.39, 0.29) is 19.6 Å². The van der Waals surface area contributed by atoms with Gasteiger partial charge in [0.05, 0.1) is 12.9 Å². The van der Waals surface area contributed by atoms with Gasteiger partial charge in [0, 0.05) is 32.0 Å². The second-order valence-corrected chi connectivity index (χ2v) is 5.21. The molecule has 1 atom stereocenters. The first-order chi connectivity index (χ1) is 8.94. The molecule has 0 saturated heterocycles. The summed E-state index contributed by atoms with van der Waals surface area (Å²) in [5.74, 6) is -1.27. The third-order valence-electron chi connectivity index (χ3n) is 2.17. The molecule has 1 aromatic heterocycles. The van der Waals surface area contributed by atoms with Gasteiger partial charge in [-0.05, 0) is 0 Å². The average Bonchev–Trinajstić information content (AvgIpc) is 2.80. The molecule has 1 heterocycles. The highest BCUT2D eigenvalue weighted by Crippen LogP contribution is 2.00. The third kappa shape index (κ3) is 5.79. The van der Waals surface area contributed by atoms with Gasteiger partial charge >= 0.3 is 5.97 Å². The first kappa shape index (κ1) is 15.6. The molecule has 4 N–H and O–H groups in total. The molecule has 0 radical (unpaired) electrons. The topological polar surface area (TPSA) is 133 Å². The standard InChI is InChI=1S/C9H16N4O5S/c1-18-3-2-12-19(16,17)13-8(9(14)15)4-7-5-10-6-11-7/h5-6,8,12-13H,2-4H2,1H3,(H,10,11)(H,14,15). The molecule has 0 amide bonds. The molecule has 1 aromatic rings. The van der Waals surface area contributed by atoms with Crippen molar-refractivity contribution in [2.75, 3.05) is 20.3 Å². The summed E-state index contributed by atoms with van der Waals surface area (Å²) in [5.41, 5.74) is 0.520. The van der Waals surface area contributed by atoms with Crippen molar-refractivity contribution < 1.29 is 23.1 Å². The summed E-state index contributed by atoms with van der Waals surface area (Å²) in [6, 6.07) is -1.28. The maximum absolute atomic E-state index is 11.6. The number of nitrogens with zero attached hydrogens (tertiary/aromatic N) is 1. The first-order valence-electron chi connectivity index (χ1n) is 5.40. The number of hydrogen-bond donors (Lipinski definition) is 4. The number of carbonyl (C=O) groups is 1.